The number of nitrogens with one attached hydrogen (secondary N) is 1. The molecule has 3 nitrogen and oxygen atoms in total. The summed E-state index contributed by atoms with van der Waals surface area (Å²) in [6.07, 6.45) is 0. The van der Waals surface area contributed by atoms with Crippen molar-refractivity contribution in [1.29, 1.82) is 0 Å². The molecule has 0 fully saturated rings. The molecule has 0 radical (unpaired) electrons. The first-order valence-electron chi connectivity index (χ1n) is 6.69. The highest BCUT2D eigenvalue weighted by molar-refractivity contribution is 6.31. The average Bonchev–Trinajstić information content (AvgIpc) is 2.45. The Kier molecular flexibility index (Phi) is 5.31. The molecular weight excluding hydrogens is 291 g/mol. The number of rotatable bonds is 5. The van der Waals surface area contributed by atoms with Crippen LogP contribution in [0.3, 0.4) is 0 Å². The van der Waals surface area contributed by atoms with Crippen LogP contribution in [0, 0.1) is 5.82 Å². The van der Waals surface area contributed by atoms with Crippen molar-refractivity contribution in [3.8, 4) is 0 Å². The Morgan fingerprint density at radius 3 is 2.76 bits per heavy atom. The van der Waals surface area contributed by atoms with Crippen LogP contribution in [0.1, 0.15) is 18.5 Å². The van der Waals surface area contributed by atoms with Crippen LogP contribution < -0.4 is 10.6 Å². The highest BCUT2D eigenvalue weighted by atomic mass is 35.5. The fourth-order valence-electron chi connectivity index (χ4n) is 2.03. The third-order valence-corrected chi connectivity index (χ3v) is 3.51. The van der Waals surface area contributed by atoms with E-state index in [9.17, 15) is 9.18 Å². The third kappa shape index (κ3) is 4.55. The normalized spacial score (nSPS) is 12.0. The summed E-state index contributed by atoms with van der Waals surface area (Å²) in [5.74, 6) is -0.555. The Hall–Kier alpha value is -1.91. The van der Waals surface area contributed by atoms with E-state index in [2.05, 4.69) is 5.32 Å². The molecule has 110 valence electrons. The number of halogens is 2. The summed E-state index contributed by atoms with van der Waals surface area (Å²) in [7, 11) is 0. The van der Waals surface area contributed by atoms with Crippen molar-refractivity contribution in [3.63, 3.8) is 0 Å². The molecule has 0 saturated heterocycles. The van der Waals surface area contributed by atoms with Gasteiger partial charge >= 0.3 is 0 Å². The lowest BCUT2D eigenvalue weighted by molar-refractivity contribution is -0.682. The van der Waals surface area contributed by atoms with Gasteiger partial charge in [-0.05, 0) is 31.2 Å². The molecule has 0 bridgehead atoms. The van der Waals surface area contributed by atoms with Crippen LogP contribution in [0.2, 0.25) is 5.02 Å². The van der Waals surface area contributed by atoms with Gasteiger partial charge in [-0.3, -0.25) is 4.79 Å². The predicted molar refractivity (Wildman–Crippen MR) is 81.7 cm³/mol. The van der Waals surface area contributed by atoms with Gasteiger partial charge < -0.3 is 10.6 Å². The summed E-state index contributed by atoms with van der Waals surface area (Å²) in [6, 6.07) is 13.4. The van der Waals surface area contributed by atoms with Gasteiger partial charge in [0.05, 0.1) is 0 Å². The quantitative estimate of drug-likeness (QED) is 0.876. The lowest BCUT2D eigenvalue weighted by atomic mass is 10.1. The number of quaternary nitrogens is 1. The largest absolute Gasteiger partial charge is 0.332 e. The minimum absolute atomic E-state index is 0.0666. The van der Waals surface area contributed by atoms with E-state index in [-0.39, 0.29) is 24.3 Å². The van der Waals surface area contributed by atoms with E-state index in [1.807, 2.05) is 36.5 Å². The van der Waals surface area contributed by atoms with Crippen molar-refractivity contribution in [2.45, 2.75) is 13.0 Å². The van der Waals surface area contributed by atoms with Crippen LogP contribution in [0.15, 0.2) is 48.5 Å². The Bertz CT molecular complexity index is 633. The summed E-state index contributed by atoms with van der Waals surface area (Å²) < 4.78 is 13.0. The van der Waals surface area contributed by atoms with Crippen molar-refractivity contribution in [2.75, 3.05) is 11.9 Å². The molecule has 0 aliphatic rings. The molecule has 5 heteroatoms. The van der Waals surface area contributed by atoms with Gasteiger partial charge in [0.1, 0.15) is 11.9 Å². The van der Waals surface area contributed by atoms with Gasteiger partial charge in [0.15, 0.2) is 6.54 Å². The van der Waals surface area contributed by atoms with Crippen molar-refractivity contribution < 1.29 is 14.5 Å². The zero-order valence-corrected chi connectivity index (χ0v) is 12.4. The second-order valence-corrected chi connectivity index (χ2v) is 5.22. The summed E-state index contributed by atoms with van der Waals surface area (Å²) >= 11 is 6.12. The van der Waals surface area contributed by atoms with Crippen molar-refractivity contribution in [3.05, 3.63) is 64.9 Å². The number of anilines is 1. The number of benzene rings is 2. The Morgan fingerprint density at radius 1 is 1.29 bits per heavy atom. The molecule has 2 aromatic carbocycles. The minimum Gasteiger partial charge on any atom is -0.332 e. The van der Waals surface area contributed by atoms with Crippen molar-refractivity contribution in [1.82, 2.24) is 0 Å². The highest BCUT2D eigenvalue weighted by Gasteiger charge is 2.14. The number of hydrogen-bond acceptors (Lipinski definition) is 1. The summed E-state index contributed by atoms with van der Waals surface area (Å²) in [4.78, 5) is 11.8. The average molecular weight is 308 g/mol. The molecule has 0 unspecified atom stereocenters. The SMILES string of the molecule is C[C@H]([NH2+]CC(=O)Nc1cccc(F)c1)c1ccccc1Cl. The maximum Gasteiger partial charge on any atom is 0.279 e. The van der Waals surface area contributed by atoms with E-state index < -0.39 is 0 Å². The monoisotopic (exact) mass is 307 g/mol. The molecule has 0 spiro atoms. The third-order valence-electron chi connectivity index (χ3n) is 3.16. The van der Waals surface area contributed by atoms with Crippen LogP contribution in [-0.2, 0) is 4.79 Å². The first-order valence-corrected chi connectivity index (χ1v) is 7.07. The molecule has 21 heavy (non-hydrogen) atoms. The van der Waals surface area contributed by atoms with Crippen LogP contribution in [-0.4, -0.2) is 12.5 Å². The fraction of sp³-hybridized carbons (Fsp3) is 0.188. The molecular formula is C16H17ClFN2O+. The van der Waals surface area contributed by atoms with Gasteiger partial charge in [-0.15, -0.1) is 0 Å². The maximum atomic E-state index is 13.0. The molecule has 2 aromatic rings. The van der Waals surface area contributed by atoms with E-state index in [4.69, 9.17) is 11.6 Å². The molecule has 0 heterocycles. The molecule has 1 amide bonds. The molecule has 0 aromatic heterocycles. The number of hydrogen-bond donors (Lipinski definition) is 2. The number of nitrogens with two attached hydrogens (primary N) is 1. The summed E-state index contributed by atoms with van der Waals surface area (Å²) in [5, 5.41) is 5.23. The second kappa shape index (κ2) is 7.20. The number of amides is 1. The maximum absolute atomic E-state index is 13.0. The lowest BCUT2D eigenvalue weighted by Gasteiger charge is -2.12. The number of carbonyl (C=O) groups excluding carboxylic acids is 1. The molecule has 0 aliphatic carbocycles. The zero-order valence-electron chi connectivity index (χ0n) is 11.6. The van der Waals surface area contributed by atoms with Gasteiger partial charge in [-0.25, -0.2) is 4.39 Å². The predicted octanol–water partition coefficient (Wildman–Crippen LogP) is 2.74. The van der Waals surface area contributed by atoms with E-state index >= 15 is 0 Å². The molecule has 0 aliphatic heterocycles. The highest BCUT2D eigenvalue weighted by Crippen LogP contribution is 2.19. The molecule has 0 saturated carbocycles. The summed E-state index contributed by atoms with van der Waals surface area (Å²) in [5.41, 5.74) is 1.44. The first kappa shape index (κ1) is 15.5. The van der Waals surface area contributed by atoms with E-state index in [1.54, 1.807) is 12.1 Å². The standard InChI is InChI=1S/C16H16ClFN2O/c1-11(14-7-2-3-8-15(14)17)19-10-16(21)20-13-6-4-5-12(18)9-13/h2-9,11,19H,10H2,1H3,(H,20,21)/p+1/t11-/m0/s1. The fourth-order valence-corrected chi connectivity index (χ4v) is 2.34. The van der Waals surface area contributed by atoms with Crippen LogP contribution in [0.25, 0.3) is 0 Å². The van der Waals surface area contributed by atoms with Crippen LogP contribution >= 0.6 is 11.6 Å². The topological polar surface area (TPSA) is 45.7 Å². The van der Waals surface area contributed by atoms with Crippen LogP contribution in [0.5, 0.6) is 0 Å². The van der Waals surface area contributed by atoms with Gasteiger partial charge in [0, 0.05) is 16.3 Å². The smallest absolute Gasteiger partial charge is 0.279 e. The summed E-state index contributed by atoms with van der Waals surface area (Å²) in [6.45, 7) is 2.22. The first-order chi connectivity index (χ1) is 10.1. The minimum atomic E-state index is -0.374. The van der Waals surface area contributed by atoms with Gasteiger partial charge in [0.25, 0.3) is 5.91 Å². The Morgan fingerprint density at radius 2 is 2.05 bits per heavy atom. The molecule has 2 rings (SSSR count). The van der Waals surface area contributed by atoms with Gasteiger partial charge in [-0.2, -0.15) is 0 Å². The van der Waals surface area contributed by atoms with Crippen molar-refractivity contribution >= 4 is 23.2 Å². The van der Waals surface area contributed by atoms with Gasteiger partial charge in [-0.1, -0.05) is 35.9 Å². The van der Waals surface area contributed by atoms with E-state index in [0.717, 1.165) is 5.56 Å². The number of carbonyl (C=O) groups is 1. The second-order valence-electron chi connectivity index (χ2n) is 4.81. The Labute approximate surface area is 128 Å². The van der Waals surface area contributed by atoms with Crippen LogP contribution in [0.4, 0.5) is 10.1 Å². The van der Waals surface area contributed by atoms with Crippen molar-refractivity contribution in [2.24, 2.45) is 0 Å². The van der Waals surface area contributed by atoms with E-state index in [1.165, 1.54) is 12.1 Å². The van der Waals surface area contributed by atoms with E-state index in [0.29, 0.717) is 10.7 Å². The molecule has 3 N–H and O–H groups in total. The van der Waals surface area contributed by atoms with Gasteiger partial charge in [0.2, 0.25) is 0 Å². The molecule has 1 atom stereocenters. The Balaban J connectivity index is 1.88. The zero-order chi connectivity index (χ0) is 15.2. The lowest BCUT2D eigenvalue weighted by Crippen LogP contribution is -2.86.